The number of rotatable bonds is 1. The molecule has 0 spiro atoms. The SMILES string of the molecule is Cc1cc(N2CCC(O)CC2)ncc1N. The molecule has 0 atom stereocenters. The van der Waals surface area contributed by atoms with Gasteiger partial charge in [0.05, 0.1) is 18.0 Å². The van der Waals surface area contributed by atoms with Gasteiger partial charge in [0, 0.05) is 13.1 Å². The van der Waals surface area contributed by atoms with Crippen LogP contribution in [0.15, 0.2) is 12.3 Å². The summed E-state index contributed by atoms with van der Waals surface area (Å²) in [6.45, 7) is 3.73. The fourth-order valence-corrected chi connectivity index (χ4v) is 1.82. The number of nitrogens with zero attached hydrogens (tertiary/aromatic N) is 2. The Labute approximate surface area is 89.7 Å². The highest BCUT2D eigenvalue weighted by Gasteiger charge is 2.18. The number of aliphatic hydroxyl groups is 1. The first-order chi connectivity index (χ1) is 7.16. The molecule has 82 valence electrons. The minimum Gasteiger partial charge on any atom is -0.397 e. The Morgan fingerprint density at radius 1 is 1.47 bits per heavy atom. The van der Waals surface area contributed by atoms with Crippen molar-refractivity contribution in [1.29, 1.82) is 0 Å². The third kappa shape index (κ3) is 2.21. The average molecular weight is 207 g/mol. The summed E-state index contributed by atoms with van der Waals surface area (Å²) in [4.78, 5) is 6.50. The molecule has 0 saturated carbocycles. The highest BCUT2D eigenvalue weighted by molar-refractivity contribution is 5.52. The molecule has 4 nitrogen and oxygen atoms in total. The summed E-state index contributed by atoms with van der Waals surface area (Å²) in [5, 5.41) is 9.41. The van der Waals surface area contributed by atoms with Gasteiger partial charge in [0.25, 0.3) is 0 Å². The molecule has 1 aliphatic rings. The van der Waals surface area contributed by atoms with E-state index in [-0.39, 0.29) is 6.10 Å². The number of pyridine rings is 1. The second-order valence-electron chi connectivity index (χ2n) is 4.12. The molecule has 15 heavy (non-hydrogen) atoms. The Kier molecular flexibility index (Phi) is 2.77. The fourth-order valence-electron chi connectivity index (χ4n) is 1.82. The third-order valence-corrected chi connectivity index (χ3v) is 2.93. The molecule has 2 rings (SSSR count). The summed E-state index contributed by atoms with van der Waals surface area (Å²) in [5.41, 5.74) is 7.51. The van der Waals surface area contributed by atoms with Gasteiger partial charge in [-0.2, -0.15) is 0 Å². The van der Waals surface area contributed by atoms with Crippen LogP contribution in [0.3, 0.4) is 0 Å². The van der Waals surface area contributed by atoms with E-state index >= 15 is 0 Å². The van der Waals surface area contributed by atoms with Crippen LogP contribution in [0, 0.1) is 6.92 Å². The van der Waals surface area contributed by atoms with E-state index in [1.165, 1.54) is 0 Å². The lowest BCUT2D eigenvalue weighted by atomic mass is 10.1. The van der Waals surface area contributed by atoms with Gasteiger partial charge in [0.15, 0.2) is 0 Å². The van der Waals surface area contributed by atoms with Crippen LogP contribution in [-0.4, -0.2) is 29.3 Å². The molecule has 1 fully saturated rings. The number of aromatic nitrogens is 1. The summed E-state index contributed by atoms with van der Waals surface area (Å²) in [5.74, 6) is 0.966. The molecule has 0 bridgehead atoms. The van der Waals surface area contributed by atoms with Crippen LogP contribution in [0.5, 0.6) is 0 Å². The van der Waals surface area contributed by atoms with Crippen LogP contribution in [0.1, 0.15) is 18.4 Å². The van der Waals surface area contributed by atoms with Crippen molar-refractivity contribution in [3.05, 3.63) is 17.8 Å². The Balaban J connectivity index is 2.12. The van der Waals surface area contributed by atoms with Crippen molar-refractivity contribution in [3.63, 3.8) is 0 Å². The normalized spacial score (nSPS) is 18.1. The van der Waals surface area contributed by atoms with E-state index in [2.05, 4.69) is 9.88 Å². The molecular weight excluding hydrogens is 190 g/mol. The van der Waals surface area contributed by atoms with Crippen molar-refractivity contribution in [1.82, 2.24) is 4.98 Å². The molecule has 1 aliphatic heterocycles. The molecule has 2 heterocycles. The first-order valence-electron chi connectivity index (χ1n) is 5.32. The molecule has 1 saturated heterocycles. The van der Waals surface area contributed by atoms with Crippen LogP contribution in [0.2, 0.25) is 0 Å². The van der Waals surface area contributed by atoms with Crippen molar-refractivity contribution in [2.45, 2.75) is 25.9 Å². The van der Waals surface area contributed by atoms with E-state index in [1.807, 2.05) is 13.0 Å². The smallest absolute Gasteiger partial charge is 0.128 e. The lowest BCUT2D eigenvalue weighted by Crippen LogP contribution is -2.36. The summed E-state index contributed by atoms with van der Waals surface area (Å²) < 4.78 is 0. The largest absolute Gasteiger partial charge is 0.397 e. The average Bonchev–Trinajstić information content (AvgIpc) is 2.23. The monoisotopic (exact) mass is 207 g/mol. The number of hydrogen-bond acceptors (Lipinski definition) is 4. The second-order valence-corrected chi connectivity index (χ2v) is 4.12. The summed E-state index contributed by atoms with van der Waals surface area (Å²) >= 11 is 0. The van der Waals surface area contributed by atoms with Gasteiger partial charge in [-0.25, -0.2) is 4.98 Å². The Morgan fingerprint density at radius 2 is 2.13 bits per heavy atom. The Bertz CT molecular complexity index is 346. The maximum absolute atomic E-state index is 9.41. The van der Waals surface area contributed by atoms with E-state index < -0.39 is 0 Å². The number of aliphatic hydroxyl groups excluding tert-OH is 1. The Morgan fingerprint density at radius 3 is 2.73 bits per heavy atom. The number of hydrogen-bond donors (Lipinski definition) is 2. The summed E-state index contributed by atoms with van der Waals surface area (Å²) in [7, 11) is 0. The molecule has 3 N–H and O–H groups in total. The van der Waals surface area contributed by atoms with Crippen LogP contribution >= 0.6 is 0 Å². The lowest BCUT2D eigenvalue weighted by Gasteiger charge is -2.30. The van der Waals surface area contributed by atoms with E-state index in [4.69, 9.17) is 5.73 Å². The molecule has 1 aromatic heterocycles. The van der Waals surface area contributed by atoms with Gasteiger partial charge in [-0.1, -0.05) is 0 Å². The molecule has 0 unspecified atom stereocenters. The third-order valence-electron chi connectivity index (χ3n) is 2.93. The molecule has 0 aliphatic carbocycles. The summed E-state index contributed by atoms with van der Waals surface area (Å²) in [6.07, 6.45) is 3.21. The predicted molar refractivity (Wildman–Crippen MR) is 60.8 cm³/mol. The van der Waals surface area contributed by atoms with E-state index in [9.17, 15) is 5.11 Å². The number of nitrogen functional groups attached to an aromatic ring is 1. The van der Waals surface area contributed by atoms with Crippen molar-refractivity contribution >= 4 is 11.5 Å². The standard InChI is InChI=1S/C11H17N3O/c1-8-6-11(13-7-10(8)12)14-4-2-9(15)3-5-14/h6-7,9,15H,2-5,12H2,1H3. The van der Waals surface area contributed by atoms with Crippen molar-refractivity contribution < 1.29 is 5.11 Å². The zero-order valence-corrected chi connectivity index (χ0v) is 8.98. The van der Waals surface area contributed by atoms with Crippen molar-refractivity contribution in [2.75, 3.05) is 23.7 Å². The number of anilines is 2. The number of piperidine rings is 1. The van der Waals surface area contributed by atoms with Gasteiger partial charge in [-0.3, -0.25) is 0 Å². The fraction of sp³-hybridized carbons (Fsp3) is 0.545. The second kappa shape index (κ2) is 4.06. The van der Waals surface area contributed by atoms with Crippen molar-refractivity contribution in [2.24, 2.45) is 0 Å². The van der Waals surface area contributed by atoms with Crippen LogP contribution in [0.25, 0.3) is 0 Å². The van der Waals surface area contributed by atoms with Gasteiger partial charge >= 0.3 is 0 Å². The van der Waals surface area contributed by atoms with Gasteiger partial charge in [0.1, 0.15) is 5.82 Å². The van der Waals surface area contributed by atoms with Gasteiger partial charge in [0.2, 0.25) is 0 Å². The lowest BCUT2D eigenvalue weighted by molar-refractivity contribution is 0.145. The number of nitrogens with two attached hydrogens (primary N) is 1. The quantitative estimate of drug-likeness (QED) is 0.719. The van der Waals surface area contributed by atoms with E-state index in [0.29, 0.717) is 0 Å². The van der Waals surface area contributed by atoms with Crippen LogP contribution < -0.4 is 10.6 Å². The number of aryl methyl sites for hydroxylation is 1. The van der Waals surface area contributed by atoms with Crippen LogP contribution in [0.4, 0.5) is 11.5 Å². The Hall–Kier alpha value is -1.29. The zero-order chi connectivity index (χ0) is 10.8. The first-order valence-corrected chi connectivity index (χ1v) is 5.32. The minimum atomic E-state index is -0.142. The van der Waals surface area contributed by atoms with Gasteiger partial charge < -0.3 is 15.7 Å². The highest BCUT2D eigenvalue weighted by atomic mass is 16.3. The molecule has 0 aromatic carbocycles. The highest BCUT2D eigenvalue weighted by Crippen LogP contribution is 2.20. The molecule has 1 aromatic rings. The maximum atomic E-state index is 9.41. The van der Waals surface area contributed by atoms with Crippen molar-refractivity contribution in [3.8, 4) is 0 Å². The minimum absolute atomic E-state index is 0.142. The summed E-state index contributed by atoms with van der Waals surface area (Å²) in [6, 6.07) is 2.01. The molecule has 0 amide bonds. The van der Waals surface area contributed by atoms with E-state index in [0.717, 1.165) is 43.0 Å². The zero-order valence-electron chi connectivity index (χ0n) is 8.98. The predicted octanol–water partition coefficient (Wildman–Crippen LogP) is 0.933. The first kappa shape index (κ1) is 10.2. The van der Waals surface area contributed by atoms with Gasteiger partial charge in [-0.15, -0.1) is 0 Å². The van der Waals surface area contributed by atoms with Gasteiger partial charge in [-0.05, 0) is 31.4 Å². The molecular formula is C11H17N3O. The topological polar surface area (TPSA) is 62.4 Å². The molecule has 0 radical (unpaired) electrons. The molecule has 4 heteroatoms. The van der Waals surface area contributed by atoms with E-state index in [1.54, 1.807) is 6.20 Å². The van der Waals surface area contributed by atoms with Crippen LogP contribution in [-0.2, 0) is 0 Å². The maximum Gasteiger partial charge on any atom is 0.128 e.